The van der Waals surface area contributed by atoms with Gasteiger partial charge in [-0.2, -0.15) is 0 Å². The molecule has 1 atom stereocenters. The molecule has 1 aromatic rings. The summed E-state index contributed by atoms with van der Waals surface area (Å²) in [6, 6.07) is -0.635. The third kappa shape index (κ3) is 7.46. The predicted octanol–water partition coefficient (Wildman–Crippen LogP) is 6.47. The number of fused-ring (bicyclic) bond motifs is 1. The fraction of sp³-hybridized carbons (Fsp3) is 0.375. The van der Waals surface area contributed by atoms with E-state index in [0.29, 0.717) is 49.0 Å². The second-order valence-corrected chi connectivity index (χ2v) is 9.50. The normalized spacial score (nSPS) is 19.2. The summed E-state index contributed by atoms with van der Waals surface area (Å²) >= 11 is 0. The van der Waals surface area contributed by atoms with Gasteiger partial charge in [-0.15, -0.1) is 0 Å². The molecule has 0 fully saturated rings. The van der Waals surface area contributed by atoms with Crippen LogP contribution in [0.15, 0.2) is 94.2 Å². The minimum absolute atomic E-state index is 0.209. The van der Waals surface area contributed by atoms with Crippen molar-refractivity contribution in [1.82, 2.24) is 14.9 Å². The number of imidazole rings is 1. The second-order valence-electron chi connectivity index (χ2n) is 9.50. The van der Waals surface area contributed by atoms with E-state index >= 15 is 0 Å². The van der Waals surface area contributed by atoms with Crippen LogP contribution in [0, 0.1) is 5.41 Å². The number of amides is 1. The van der Waals surface area contributed by atoms with E-state index in [2.05, 4.69) is 28.0 Å². The summed E-state index contributed by atoms with van der Waals surface area (Å²) in [4.78, 5) is 28.0. The molecule has 8 nitrogen and oxygen atoms in total. The second kappa shape index (κ2) is 14.8. The van der Waals surface area contributed by atoms with Crippen molar-refractivity contribution < 1.29 is 14.3 Å². The highest BCUT2D eigenvalue weighted by molar-refractivity contribution is 6.05. The van der Waals surface area contributed by atoms with Crippen molar-refractivity contribution in [3.05, 3.63) is 101 Å². The first kappa shape index (κ1) is 30.3. The third-order valence-electron chi connectivity index (χ3n) is 6.83. The van der Waals surface area contributed by atoms with E-state index in [1.165, 1.54) is 0 Å². The van der Waals surface area contributed by atoms with Crippen LogP contribution in [0.5, 0.6) is 0 Å². The van der Waals surface area contributed by atoms with Crippen molar-refractivity contribution in [2.75, 3.05) is 20.2 Å². The van der Waals surface area contributed by atoms with Gasteiger partial charge >= 0.3 is 0 Å². The Morgan fingerprint density at radius 1 is 1.25 bits per heavy atom. The number of carbonyl (C=O) groups is 1. The van der Waals surface area contributed by atoms with E-state index < -0.39 is 6.04 Å². The maximum absolute atomic E-state index is 14.0. The van der Waals surface area contributed by atoms with Gasteiger partial charge in [0.15, 0.2) is 5.76 Å². The van der Waals surface area contributed by atoms with Crippen LogP contribution in [0.3, 0.4) is 0 Å². The number of ether oxygens (including phenoxy) is 2. The van der Waals surface area contributed by atoms with Crippen LogP contribution < -0.4 is 0 Å². The summed E-state index contributed by atoms with van der Waals surface area (Å²) in [5.41, 5.74) is 4.70. The first-order chi connectivity index (χ1) is 19.3. The van der Waals surface area contributed by atoms with Crippen molar-refractivity contribution in [3.63, 3.8) is 0 Å². The summed E-state index contributed by atoms with van der Waals surface area (Å²) in [6.45, 7) is 10.8. The molecule has 0 radical (unpaired) electrons. The van der Waals surface area contributed by atoms with Crippen molar-refractivity contribution in [2.24, 2.45) is 4.99 Å². The van der Waals surface area contributed by atoms with Crippen LogP contribution in [0.25, 0.3) is 0 Å². The fourth-order valence-corrected chi connectivity index (χ4v) is 4.42. The van der Waals surface area contributed by atoms with Crippen LogP contribution in [0.2, 0.25) is 0 Å². The number of H-pyrrole nitrogens is 1. The highest BCUT2D eigenvalue weighted by atomic mass is 16.5. The van der Waals surface area contributed by atoms with Crippen LogP contribution in [0.4, 0.5) is 0 Å². The standard InChI is InChI=1S/C32H41N5O3/c1-7-10-11-13-22(4)23(5)20-26(33)30-29-27(35-21-36-29)17-19-37(30)32(38)28-14-12-18-34-31(40-28)24(8-2)15-16-25(9-3)39-6/h8-11,13-16,20-21,30,33H,7,12,17-19H2,1-6H3,(H,35,36)/b11-10-,16-15-,22-13-,23-20+,24-8+,25-9+,33-26?. The molecule has 0 saturated carbocycles. The third-order valence-corrected chi connectivity index (χ3v) is 6.83. The molecule has 0 aliphatic carbocycles. The number of aromatic amines is 1. The lowest BCUT2D eigenvalue weighted by Crippen LogP contribution is -2.44. The average molecular weight is 544 g/mol. The monoisotopic (exact) mass is 543 g/mol. The molecule has 2 aliphatic heterocycles. The number of allylic oxidation sites excluding steroid dienone is 8. The smallest absolute Gasteiger partial charge is 0.290 e. The summed E-state index contributed by atoms with van der Waals surface area (Å²) in [5.74, 6) is 1.01. The Hall–Kier alpha value is -4.20. The van der Waals surface area contributed by atoms with E-state index in [1.54, 1.807) is 24.4 Å². The quantitative estimate of drug-likeness (QED) is 0.200. The minimum Gasteiger partial charge on any atom is -0.497 e. The molecule has 0 bridgehead atoms. The molecule has 0 aromatic carbocycles. The van der Waals surface area contributed by atoms with Gasteiger partial charge in [0.25, 0.3) is 5.91 Å². The topological polar surface area (TPSA) is 104 Å². The first-order valence-electron chi connectivity index (χ1n) is 13.8. The zero-order valence-electron chi connectivity index (χ0n) is 24.5. The molecule has 1 unspecified atom stereocenters. The van der Waals surface area contributed by atoms with Crippen LogP contribution >= 0.6 is 0 Å². The molecule has 2 aliphatic rings. The Labute approximate surface area is 237 Å². The Kier molecular flexibility index (Phi) is 11.2. The van der Waals surface area contributed by atoms with Crippen LogP contribution in [0.1, 0.15) is 64.9 Å². The van der Waals surface area contributed by atoms with Gasteiger partial charge in [-0.25, -0.2) is 4.98 Å². The Morgan fingerprint density at radius 3 is 2.75 bits per heavy atom. The molecule has 3 heterocycles. The number of carbonyl (C=O) groups excluding carboxylic acids is 1. The van der Waals surface area contributed by atoms with Crippen LogP contribution in [-0.4, -0.2) is 52.6 Å². The molecule has 8 heteroatoms. The lowest BCUT2D eigenvalue weighted by atomic mass is 9.95. The van der Waals surface area contributed by atoms with Crippen molar-refractivity contribution >= 4 is 17.5 Å². The van der Waals surface area contributed by atoms with E-state index in [4.69, 9.17) is 14.9 Å². The lowest BCUT2D eigenvalue weighted by Gasteiger charge is -2.35. The molecule has 1 aromatic heterocycles. The van der Waals surface area contributed by atoms with E-state index in [-0.39, 0.29) is 11.7 Å². The van der Waals surface area contributed by atoms with Gasteiger partial charge in [0.05, 0.1) is 24.8 Å². The Balaban J connectivity index is 1.90. The zero-order valence-corrected chi connectivity index (χ0v) is 24.5. The number of methoxy groups -OCH3 is 1. The highest BCUT2D eigenvalue weighted by Gasteiger charge is 2.37. The van der Waals surface area contributed by atoms with Crippen molar-refractivity contribution in [1.29, 1.82) is 5.41 Å². The molecular formula is C32H41N5O3. The molecule has 40 heavy (non-hydrogen) atoms. The summed E-state index contributed by atoms with van der Waals surface area (Å²) in [7, 11) is 1.61. The Morgan fingerprint density at radius 2 is 2.05 bits per heavy atom. The van der Waals surface area contributed by atoms with Crippen molar-refractivity contribution in [2.45, 2.75) is 59.9 Å². The molecule has 3 rings (SSSR count). The predicted molar refractivity (Wildman–Crippen MR) is 161 cm³/mol. The van der Waals surface area contributed by atoms with E-state index in [0.717, 1.165) is 28.8 Å². The highest BCUT2D eigenvalue weighted by Crippen LogP contribution is 2.31. The number of aromatic nitrogens is 2. The number of rotatable bonds is 10. The SMILES string of the molecule is C\C=C(/C=C\C(=C/C)C1=NCCC=C(C(=O)N2CCc3[nH]cnc3C2C(=N)/C=C(C)/C(C)=C\C=C/CC)O1)OC. The first-order valence-corrected chi connectivity index (χ1v) is 13.8. The van der Waals surface area contributed by atoms with Crippen molar-refractivity contribution in [3.8, 4) is 0 Å². The lowest BCUT2D eigenvalue weighted by molar-refractivity contribution is -0.131. The minimum atomic E-state index is -0.635. The molecule has 2 N–H and O–H groups in total. The van der Waals surface area contributed by atoms with Gasteiger partial charge in [0, 0.05) is 30.8 Å². The van der Waals surface area contributed by atoms with E-state index in [9.17, 15) is 4.79 Å². The van der Waals surface area contributed by atoms with Gasteiger partial charge in [-0.1, -0.05) is 31.2 Å². The van der Waals surface area contributed by atoms with Gasteiger partial charge in [-0.05, 0) is 82.1 Å². The summed E-state index contributed by atoms with van der Waals surface area (Å²) < 4.78 is 11.5. The molecule has 212 valence electrons. The molecule has 1 amide bonds. The average Bonchev–Trinajstić information content (AvgIpc) is 3.31. The molecular weight excluding hydrogens is 502 g/mol. The summed E-state index contributed by atoms with van der Waals surface area (Å²) in [5, 5.41) is 9.05. The molecule has 0 spiro atoms. The number of nitrogens with zero attached hydrogens (tertiary/aromatic N) is 3. The fourth-order valence-electron chi connectivity index (χ4n) is 4.42. The van der Waals surface area contributed by atoms with E-state index in [1.807, 2.05) is 70.2 Å². The van der Waals surface area contributed by atoms with Crippen LogP contribution in [-0.2, 0) is 20.7 Å². The number of aliphatic imine (C=N–C) groups is 1. The van der Waals surface area contributed by atoms with Gasteiger partial charge < -0.3 is 24.8 Å². The van der Waals surface area contributed by atoms with Gasteiger partial charge in [0.2, 0.25) is 5.90 Å². The summed E-state index contributed by atoms with van der Waals surface area (Å²) in [6.07, 6.45) is 21.0. The maximum atomic E-state index is 14.0. The largest absolute Gasteiger partial charge is 0.497 e. The van der Waals surface area contributed by atoms with Gasteiger partial charge in [-0.3, -0.25) is 9.79 Å². The number of hydrogen-bond donors (Lipinski definition) is 2. The van der Waals surface area contributed by atoms with Gasteiger partial charge in [0.1, 0.15) is 11.8 Å². The number of hydrogen-bond acceptors (Lipinski definition) is 6. The molecule has 0 saturated heterocycles. The Bertz CT molecular complexity index is 1330. The number of nitrogens with one attached hydrogen (secondary N) is 2. The zero-order chi connectivity index (χ0) is 29.1. The maximum Gasteiger partial charge on any atom is 0.290 e.